The number of nitrogens with one attached hydrogen (secondary N) is 2. The molecule has 0 saturated heterocycles. The highest BCUT2D eigenvalue weighted by atomic mass is 32.1. The fraction of sp³-hybridized carbons (Fsp3) is 0.240. The second kappa shape index (κ2) is 9.87. The van der Waals surface area contributed by atoms with Gasteiger partial charge >= 0.3 is 12.1 Å². The molecule has 33 heavy (non-hydrogen) atoms. The van der Waals surface area contributed by atoms with E-state index in [0.29, 0.717) is 4.88 Å². The monoisotopic (exact) mass is 464 g/mol. The minimum atomic E-state index is -1.17. The van der Waals surface area contributed by atoms with Crippen LogP contribution in [0.15, 0.2) is 66.0 Å². The lowest BCUT2D eigenvalue weighted by molar-refractivity contribution is -0.142. The maximum absolute atomic E-state index is 12.7. The zero-order chi connectivity index (χ0) is 23.4. The fourth-order valence-electron chi connectivity index (χ4n) is 4.09. The van der Waals surface area contributed by atoms with Crippen LogP contribution in [0.5, 0.6) is 0 Å². The van der Waals surface area contributed by atoms with Crippen LogP contribution in [0.25, 0.3) is 11.1 Å². The predicted molar refractivity (Wildman–Crippen MR) is 125 cm³/mol. The lowest BCUT2D eigenvalue weighted by Crippen LogP contribution is -2.48. The third-order valence-corrected chi connectivity index (χ3v) is 6.66. The van der Waals surface area contributed by atoms with Gasteiger partial charge in [-0.15, -0.1) is 11.3 Å². The van der Waals surface area contributed by atoms with Crippen molar-refractivity contribution in [3.8, 4) is 11.1 Å². The summed E-state index contributed by atoms with van der Waals surface area (Å²) in [6.07, 6.45) is -0.436. The SMILES string of the molecule is CCC(NC(=O)OCC1c2ccccc2-c2ccccc21)C(=O)NC(C(=O)O)c1cccs1. The number of ether oxygens (including phenoxy) is 1. The molecule has 2 unspecified atom stereocenters. The molecule has 1 heterocycles. The van der Waals surface area contributed by atoms with Gasteiger partial charge in [0.15, 0.2) is 6.04 Å². The summed E-state index contributed by atoms with van der Waals surface area (Å²) >= 11 is 1.24. The largest absolute Gasteiger partial charge is 0.479 e. The first-order chi connectivity index (χ1) is 16.0. The number of carboxylic acids is 1. The van der Waals surface area contributed by atoms with Crippen LogP contribution in [0, 0.1) is 0 Å². The molecule has 2 atom stereocenters. The van der Waals surface area contributed by atoms with Gasteiger partial charge in [-0.2, -0.15) is 0 Å². The fourth-order valence-corrected chi connectivity index (χ4v) is 4.86. The Bertz CT molecular complexity index is 1120. The third-order valence-electron chi connectivity index (χ3n) is 5.72. The lowest BCUT2D eigenvalue weighted by Gasteiger charge is -2.20. The average Bonchev–Trinajstić information content (AvgIpc) is 3.46. The van der Waals surface area contributed by atoms with Crippen LogP contribution in [0.1, 0.15) is 41.3 Å². The number of aliphatic carboxylic acids is 1. The summed E-state index contributed by atoms with van der Waals surface area (Å²) in [6, 6.07) is 17.3. The summed E-state index contributed by atoms with van der Waals surface area (Å²) in [6.45, 7) is 1.86. The number of alkyl carbamates (subject to hydrolysis) is 1. The van der Waals surface area contributed by atoms with Crippen molar-refractivity contribution in [2.45, 2.75) is 31.3 Å². The van der Waals surface area contributed by atoms with Crippen LogP contribution >= 0.6 is 11.3 Å². The van der Waals surface area contributed by atoms with Gasteiger partial charge in [-0.3, -0.25) is 4.79 Å². The Hall–Kier alpha value is -3.65. The zero-order valence-electron chi connectivity index (χ0n) is 18.0. The number of carboxylic acid groups (broad SMARTS) is 1. The van der Waals surface area contributed by atoms with E-state index in [9.17, 15) is 19.5 Å². The molecule has 1 aliphatic carbocycles. The van der Waals surface area contributed by atoms with Gasteiger partial charge in [0.05, 0.1) is 0 Å². The van der Waals surface area contributed by atoms with Gasteiger partial charge in [0.1, 0.15) is 12.6 Å². The Morgan fingerprint density at radius 3 is 2.15 bits per heavy atom. The van der Waals surface area contributed by atoms with Crippen molar-refractivity contribution in [2.75, 3.05) is 6.61 Å². The minimum Gasteiger partial charge on any atom is -0.479 e. The molecule has 0 aliphatic heterocycles. The number of amides is 2. The molecule has 4 rings (SSSR count). The summed E-state index contributed by atoms with van der Waals surface area (Å²) in [5, 5.41) is 16.3. The number of thiophene rings is 1. The molecule has 1 aromatic heterocycles. The molecular formula is C25H24N2O5S. The summed E-state index contributed by atoms with van der Waals surface area (Å²) in [4.78, 5) is 37.3. The highest BCUT2D eigenvalue weighted by Gasteiger charge is 2.30. The summed E-state index contributed by atoms with van der Waals surface area (Å²) < 4.78 is 5.50. The Kier molecular flexibility index (Phi) is 6.74. The van der Waals surface area contributed by atoms with Crippen LogP contribution < -0.4 is 10.6 Å². The first kappa shape index (κ1) is 22.5. The van der Waals surface area contributed by atoms with Gasteiger partial charge in [-0.05, 0) is 40.1 Å². The topological polar surface area (TPSA) is 105 Å². The molecule has 7 nitrogen and oxygen atoms in total. The summed E-state index contributed by atoms with van der Waals surface area (Å²) in [5.74, 6) is -1.83. The molecule has 0 bridgehead atoms. The van der Waals surface area contributed by atoms with Crippen molar-refractivity contribution in [2.24, 2.45) is 0 Å². The van der Waals surface area contributed by atoms with E-state index in [1.54, 1.807) is 24.4 Å². The third kappa shape index (κ3) is 4.75. The van der Waals surface area contributed by atoms with Gasteiger partial charge in [-0.1, -0.05) is 61.5 Å². The van der Waals surface area contributed by atoms with Crippen molar-refractivity contribution in [1.29, 1.82) is 0 Å². The molecule has 0 saturated carbocycles. The summed E-state index contributed by atoms with van der Waals surface area (Å²) in [7, 11) is 0. The normalized spacial score (nSPS) is 14.0. The van der Waals surface area contributed by atoms with Gasteiger partial charge in [-0.25, -0.2) is 9.59 Å². The van der Waals surface area contributed by atoms with Crippen molar-refractivity contribution >= 4 is 29.3 Å². The molecule has 0 radical (unpaired) electrons. The lowest BCUT2D eigenvalue weighted by atomic mass is 9.98. The number of hydrogen-bond acceptors (Lipinski definition) is 5. The molecule has 170 valence electrons. The van der Waals surface area contributed by atoms with E-state index in [2.05, 4.69) is 22.8 Å². The Morgan fingerprint density at radius 2 is 1.61 bits per heavy atom. The molecule has 2 amide bonds. The number of rotatable bonds is 8. The molecule has 0 spiro atoms. The van der Waals surface area contributed by atoms with Crippen LogP contribution in [0.2, 0.25) is 0 Å². The molecule has 2 aromatic carbocycles. The number of benzene rings is 2. The standard InChI is InChI=1S/C25H24N2O5S/c1-2-20(23(28)27-22(24(29)30)21-12-7-13-33-21)26-25(31)32-14-19-17-10-5-3-8-15(17)16-9-4-6-11-18(16)19/h3-13,19-20,22H,2,14H2,1H3,(H,26,31)(H,27,28)(H,29,30). The zero-order valence-corrected chi connectivity index (χ0v) is 18.8. The molecule has 3 aromatic rings. The number of carbonyl (C=O) groups excluding carboxylic acids is 2. The number of fused-ring (bicyclic) bond motifs is 3. The van der Waals surface area contributed by atoms with E-state index in [1.807, 2.05) is 36.4 Å². The van der Waals surface area contributed by atoms with E-state index in [-0.39, 0.29) is 18.9 Å². The van der Waals surface area contributed by atoms with Crippen LogP contribution in [0.4, 0.5) is 4.79 Å². The van der Waals surface area contributed by atoms with Gasteiger partial charge in [0, 0.05) is 10.8 Å². The first-order valence-electron chi connectivity index (χ1n) is 10.7. The van der Waals surface area contributed by atoms with Gasteiger partial charge in [0.2, 0.25) is 5.91 Å². The van der Waals surface area contributed by atoms with E-state index in [0.717, 1.165) is 22.3 Å². The maximum atomic E-state index is 12.7. The average molecular weight is 465 g/mol. The molecule has 0 fully saturated rings. The maximum Gasteiger partial charge on any atom is 0.407 e. The second-order valence-corrected chi connectivity index (χ2v) is 8.71. The van der Waals surface area contributed by atoms with Crippen LogP contribution in [-0.4, -0.2) is 35.7 Å². The second-order valence-electron chi connectivity index (χ2n) is 7.73. The molecule has 1 aliphatic rings. The van der Waals surface area contributed by atoms with Gasteiger partial charge in [0.25, 0.3) is 0 Å². The highest BCUT2D eigenvalue weighted by Crippen LogP contribution is 2.44. The van der Waals surface area contributed by atoms with Crippen molar-refractivity contribution in [3.05, 3.63) is 82.0 Å². The smallest absolute Gasteiger partial charge is 0.407 e. The highest BCUT2D eigenvalue weighted by molar-refractivity contribution is 7.10. The summed E-state index contributed by atoms with van der Waals surface area (Å²) in [5.41, 5.74) is 4.44. The van der Waals surface area contributed by atoms with Crippen molar-refractivity contribution in [3.63, 3.8) is 0 Å². The van der Waals surface area contributed by atoms with Crippen molar-refractivity contribution in [1.82, 2.24) is 10.6 Å². The molecule has 3 N–H and O–H groups in total. The number of carbonyl (C=O) groups is 3. The Labute approximate surface area is 195 Å². The minimum absolute atomic E-state index is 0.0905. The first-order valence-corrected chi connectivity index (χ1v) is 11.6. The molecular weight excluding hydrogens is 440 g/mol. The van der Waals surface area contributed by atoms with E-state index in [1.165, 1.54) is 11.3 Å². The molecule has 8 heteroatoms. The van der Waals surface area contributed by atoms with E-state index >= 15 is 0 Å². The quantitative estimate of drug-likeness (QED) is 0.461. The van der Waals surface area contributed by atoms with Crippen molar-refractivity contribution < 1.29 is 24.2 Å². The predicted octanol–water partition coefficient (Wildman–Crippen LogP) is 4.31. The van der Waals surface area contributed by atoms with E-state index in [4.69, 9.17) is 4.74 Å². The number of hydrogen-bond donors (Lipinski definition) is 3. The van der Waals surface area contributed by atoms with Crippen LogP contribution in [-0.2, 0) is 14.3 Å². The van der Waals surface area contributed by atoms with Crippen LogP contribution in [0.3, 0.4) is 0 Å². The van der Waals surface area contributed by atoms with E-state index < -0.39 is 30.1 Å². The Morgan fingerprint density at radius 1 is 0.970 bits per heavy atom. The van der Waals surface area contributed by atoms with Gasteiger partial charge < -0.3 is 20.5 Å². The Balaban J connectivity index is 1.39.